The summed E-state index contributed by atoms with van der Waals surface area (Å²) in [6.45, 7) is 8.72. The first-order valence-corrected chi connectivity index (χ1v) is 27.2. The van der Waals surface area contributed by atoms with Gasteiger partial charge in [-0.1, -0.05) is 53.4 Å². The second-order valence-electron chi connectivity index (χ2n) is 17.4. The molecule has 0 N–H and O–H groups in total. The van der Waals surface area contributed by atoms with Crippen LogP contribution in [0.3, 0.4) is 0 Å². The van der Waals surface area contributed by atoms with Gasteiger partial charge in [0.1, 0.15) is 68.7 Å². The normalized spacial score (nSPS) is 11.2. The lowest BCUT2D eigenvalue weighted by Gasteiger charge is -2.24. The number of aryl methyl sites for hydroxylation is 4. The fourth-order valence-electron chi connectivity index (χ4n) is 8.41. The van der Waals surface area contributed by atoms with Crippen LogP contribution in [0.4, 0.5) is 0 Å². The van der Waals surface area contributed by atoms with Crippen molar-refractivity contribution >= 4 is 38.8 Å². The molecule has 0 aliphatic carbocycles. The van der Waals surface area contributed by atoms with E-state index in [4.69, 9.17) is 54.9 Å². The highest BCUT2D eigenvalue weighted by Crippen LogP contribution is 2.53. The van der Waals surface area contributed by atoms with Crippen LogP contribution in [0.5, 0.6) is 57.5 Å². The van der Waals surface area contributed by atoms with Crippen molar-refractivity contribution in [3.8, 4) is 68.6 Å². The fourth-order valence-corrected chi connectivity index (χ4v) is 10.7. The van der Waals surface area contributed by atoms with Gasteiger partial charge in [-0.05, 0) is 171 Å². The summed E-state index contributed by atoms with van der Waals surface area (Å²) >= 11 is 0. The third-order valence-electron chi connectivity index (χ3n) is 12.4. The van der Waals surface area contributed by atoms with Crippen LogP contribution in [-0.2, 0) is 25.7 Å². The van der Waals surface area contributed by atoms with Gasteiger partial charge in [-0.3, -0.25) is 0 Å². The fraction of sp³-hybridized carbons (Fsp3) is 0.379. The summed E-state index contributed by atoms with van der Waals surface area (Å²) in [5.41, 5.74) is 6.59. The van der Waals surface area contributed by atoms with Gasteiger partial charge in [0.15, 0.2) is 0 Å². The van der Waals surface area contributed by atoms with Gasteiger partial charge in [-0.2, -0.15) is 0 Å². The Morgan fingerprint density at radius 2 is 0.708 bits per heavy atom. The van der Waals surface area contributed by atoms with Crippen LogP contribution in [0.1, 0.15) is 101 Å². The second-order valence-corrected chi connectivity index (χ2v) is 19.4. The van der Waals surface area contributed by atoms with E-state index in [1.807, 2.05) is 84.9 Å². The summed E-state index contributed by atoms with van der Waals surface area (Å²) in [5, 5.41) is 1.71. The van der Waals surface area contributed by atoms with Gasteiger partial charge in [0, 0.05) is 21.9 Å². The Kier molecular flexibility index (Phi) is 19.6. The molecule has 0 amide bonds. The smallest absolute Gasteiger partial charge is 0.497 e. The Morgan fingerprint density at radius 1 is 0.375 bits per heavy atom. The number of hydrogen-bond acceptors (Lipinski definition) is 12. The van der Waals surface area contributed by atoms with Crippen molar-refractivity contribution in [3.63, 3.8) is 0 Å². The predicted molar refractivity (Wildman–Crippen MR) is 290 cm³/mol. The van der Waals surface area contributed by atoms with Gasteiger partial charge in [0.05, 0.1) is 42.7 Å². The SMILES string of the molecule is CCCCc1cc(OC)cc(-c2cc(OC)cc(CCCC)c2Op2oc3c(CCCC)cc(OC)cc3c3cc(OC)cc(CCCC)c3o2)c1OP(Oc1ccc(OC)cc1)Oc1ccc(OC)cc1. The van der Waals surface area contributed by atoms with E-state index < -0.39 is 16.8 Å². The average molecular weight is 1020 g/mol. The van der Waals surface area contributed by atoms with Gasteiger partial charge in [0.25, 0.3) is 0 Å². The van der Waals surface area contributed by atoms with E-state index in [-0.39, 0.29) is 0 Å². The zero-order valence-electron chi connectivity index (χ0n) is 43.5. The molecule has 0 radical (unpaired) electrons. The molecule has 0 atom stereocenters. The van der Waals surface area contributed by atoms with Gasteiger partial charge < -0.3 is 54.9 Å². The Hall–Kier alpha value is -6.35. The number of methoxy groups -OCH3 is 6. The summed E-state index contributed by atoms with van der Waals surface area (Å²) in [6.07, 6.45) is 10.4. The highest BCUT2D eigenvalue weighted by molar-refractivity contribution is 7.43. The highest BCUT2D eigenvalue weighted by Gasteiger charge is 2.29. The molecule has 0 fully saturated rings. The molecule has 1 aromatic heterocycles. The van der Waals surface area contributed by atoms with E-state index in [0.717, 1.165) is 109 Å². The average Bonchev–Trinajstić information content (AvgIpc) is 3.57. The topological polar surface area (TPSA) is 119 Å². The molecule has 6 aromatic carbocycles. The molecule has 12 nitrogen and oxygen atoms in total. The molecule has 0 saturated heterocycles. The monoisotopic (exact) mass is 1020 g/mol. The Labute approximate surface area is 427 Å². The van der Waals surface area contributed by atoms with Crippen molar-refractivity contribution < 1.29 is 54.9 Å². The van der Waals surface area contributed by atoms with Gasteiger partial charge in [-0.25, -0.2) is 0 Å². The van der Waals surface area contributed by atoms with E-state index in [9.17, 15) is 0 Å². The van der Waals surface area contributed by atoms with E-state index in [0.29, 0.717) is 81.1 Å². The van der Waals surface area contributed by atoms with Crippen LogP contribution in [0, 0.1) is 0 Å². The largest absolute Gasteiger partial charge is 0.530 e. The van der Waals surface area contributed by atoms with Gasteiger partial charge in [-0.15, -0.1) is 0 Å². The number of benzene rings is 6. The second kappa shape index (κ2) is 26.4. The first kappa shape index (κ1) is 53.4. The van der Waals surface area contributed by atoms with Crippen molar-refractivity contribution in [2.75, 3.05) is 42.7 Å². The Bertz CT molecular complexity index is 2770. The molecule has 0 unspecified atom stereocenters. The van der Waals surface area contributed by atoms with Crippen molar-refractivity contribution in [1.82, 2.24) is 0 Å². The van der Waals surface area contributed by atoms with Gasteiger partial charge >= 0.3 is 16.8 Å². The van der Waals surface area contributed by atoms with Crippen LogP contribution >= 0.6 is 16.8 Å². The number of fused-ring (bicyclic) bond motifs is 3. The molecule has 0 spiro atoms. The molecule has 0 aliphatic rings. The number of unbranched alkanes of at least 4 members (excludes halogenated alkanes) is 4. The lowest BCUT2D eigenvalue weighted by Crippen LogP contribution is -2.06. The van der Waals surface area contributed by atoms with Crippen LogP contribution in [-0.4, -0.2) is 42.7 Å². The minimum atomic E-state index is -2.18. The molecule has 72 heavy (non-hydrogen) atoms. The van der Waals surface area contributed by atoms with Crippen molar-refractivity contribution in [3.05, 3.63) is 119 Å². The minimum Gasteiger partial charge on any atom is -0.497 e. The van der Waals surface area contributed by atoms with Crippen LogP contribution in [0.15, 0.2) is 105 Å². The summed E-state index contributed by atoms with van der Waals surface area (Å²) in [5.74, 6) is 6.32. The zero-order valence-corrected chi connectivity index (χ0v) is 45.3. The quantitative estimate of drug-likeness (QED) is 0.0456. The van der Waals surface area contributed by atoms with E-state index in [1.165, 1.54) is 0 Å². The molecule has 0 aliphatic heterocycles. The molecule has 7 rings (SSSR count). The number of ether oxygens (including phenoxy) is 6. The maximum absolute atomic E-state index is 7.41. The van der Waals surface area contributed by atoms with Crippen molar-refractivity contribution in [2.45, 2.75) is 105 Å². The maximum atomic E-state index is 7.41. The first-order chi connectivity index (χ1) is 35.2. The lowest BCUT2D eigenvalue weighted by atomic mass is 9.94. The van der Waals surface area contributed by atoms with Crippen LogP contribution in [0.25, 0.3) is 33.1 Å². The number of hydrogen-bond donors (Lipinski definition) is 0. The van der Waals surface area contributed by atoms with Crippen molar-refractivity contribution in [1.29, 1.82) is 0 Å². The maximum Gasteiger partial charge on any atom is 0.530 e. The van der Waals surface area contributed by atoms with E-state index in [1.54, 1.807) is 42.7 Å². The standard InChI is InChI=1S/C58H70O12P2/c1-11-15-19-39-31-47(61-7)35-51(55(39)67-71(65-45-27-23-43(59-5)24-28-45)66-46-29-25-44(60-6)26-30-46)52-36-48(62-8)32-40(20-16-12-2)56(52)68-72-69-57-41(21-17-13-3)33-49(63-9)37-53(57)54-38-50(64-10)34-42(22-18-14-4)58(54)70-72/h23-38H,11-22H2,1-10H3. The van der Waals surface area contributed by atoms with Crippen LogP contribution < -0.4 is 46.5 Å². The lowest BCUT2D eigenvalue weighted by molar-refractivity contribution is 0.382. The summed E-state index contributed by atoms with van der Waals surface area (Å²) in [6, 6.07) is 30.9. The molecule has 0 saturated carbocycles. The Balaban J connectivity index is 1.52. The third kappa shape index (κ3) is 13.2. The number of rotatable bonds is 27. The third-order valence-corrected chi connectivity index (χ3v) is 14.5. The molecule has 14 heteroatoms. The minimum absolute atomic E-state index is 0.533. The summed E-state index contributed by atoms with van der Waals surface area (Å²) in [4.78, 5) is 0. The van der Waals surface area contributed by atoms with Gasteiger partial charge in [0.2, 0.25) is 0 Å². The summed E-state index contributed by atoms with van der Waals surface area (Å²) < 4.78 is 77.2. The van der Waals surface area contributed by atoms with Crippen molar-refractivity contribution in [2.24, 2.45) is 0 Å². The zero-order chi connectivity index (χ0) is 51.0. The molecule has 7 aromatic rings. The van der Waals surface area contributed by atoms with E-state index >= 15 is 0 Å². The Morgan fingerprint density at radius 3 is 1.10 bits per heavy atom. The predicted octanol–water partition coefficient (Wildman–Crippen LogP) is 17.0. The van der Waals surface area contributed by atoms with Crippen LogP contribution in [0.2, 0.25) is 0 Å². The highest BCUT2D eigenvalue weighted by atomic mass is 31.2. The van der Waals surface area contributed by atoms with E-state index in [2.05, 4.69) is 39.8 Å². The molecule has 384 valence electrons. The molecular formula is C58H70O12P2. The molecule has 1 heterocycles. The first-order valence-electron chi connectivity index (χ1n) is 25.0. The molecular weight excluding hydrogens is 951 g/mol. The molecule has 0 bridgehead atoms. The summed E-state index contributed by atoms with van der Waals surface area (Å²) in [7, 11) is 5.65.